The fraction of sp³-hybridized carbons (Fsp3) is 0.833. The number of ether oxygens (including phenoxy) is 2. The highest BCUT2D eigenvalue weighted by molar-refractivity contribution is 5.87. The zero-order chi connectivity index (χ0) is 19.6. The number of hydrogen-bond acceptors (Lipinski definition) is 5. The molecule has 1 fully saturated rings. The van der Waals surface area contributed by atoms with Gasteiger partial charge in [-0.1, -0.05) is 27.7 Å². The molecular weight excluding hydrogens is 324 g/mol. The average molecular weight is 356 g/mol. The van der Waals surface area contributed by atoms with Crippen LogP contribution in [0.15, 0.2) is 0 Å². The first-order valence-electron chi connectivity index (χ1n) is 8.67. The molecule has 1 aliphatic carbocycles. The lowest BCUT2D eigenvalue weighted by Gasteiger charge is -2.51. The van der Waals surface area contributed by atoms with E-state index in [0.29, 0.717) is 6.42 Å². The third kappa shape index (κ3) is 5.34. The quantitative estimate of drug-likeness (QED) is 0.737. The third-order valence-corrected chi connectivity index (χ3v) is 4.69. The smallest absolute Gasteiger partial charge is 0.407 e. The fourth-order valence-electron chi connectivity index (χ4n) is 2.94. The van der Waals surface area contributed by atoms with Gasteiger partial charge in [-0.15, -0.1) is 0 Å². The second-order valence-electron chi connectivity index (χ2n) is 8.56. The van der Waals surface area contributed by atoms with Crippen molar-refractivity contribution in [3.63, 3.8) is 0 Å². The van der Waals surface area contributed by atoms with E-state index in [1.54, 1.807) is 20.8 Å². The summed E-state index contributed by atoms with van der Waals surface area (Å²) in [6, 6.07) is -0.833. The van der Waals surface area contributed by atoms with Crippen molar-refractivity contribution in [2.45, 2.75) is 72.6 Å². The normalized spacial score (nSPS) is 23.2. The van der Waals surface area contributed by atoms with Crippen molar-refractivity contribution < 1.29 is 23.9 Å². The number of carbonyl (C=O) groups is 3. The molecule has 144 valence electrons. The van der Waals surface area contributed by atoms with E-state index in [1.807, 2.05) is 27.7 Å². The first-order chi connectivity index (χ1) is 11.3. The van der Waals surface area contributed by atoms with Gasteiger partial charge in [-0.05, 0) is 38.5 Å². The number of nitrogens with one attached hydrogen (secondary N) is 2. The number of methoxy groups -OCH3 is 1. The van der Waals surface area contributed by atoms with Gasteiger partial charge in [0.25, 0.3) is 0 Å². The zero-order valence-corrected chi connectivity index (χ0v) is 16.6. The number of hydrogen-bond donors (Lipinski definition) is 2. The Labute approximate surface area is 150 Å². The van der Waals surface area contributed by atoms with Crippen LogP contribution in [0.4, 0.5) is 4.79 Å². The summed E-state index contributed by atoms with van der Waals surface area (Å²) in [6.45, 7) is 12.9. The summed E-state index contributed by atoms with van der Waals surface area (Å²) in [5.41, 5.74) is -1.00. The lowest BCUT2D eigenvalue weighted by atomic mass is 9.58. The molecule has 0 spiro atoms. The van der Waals surface area contributed by atoms with E-state index in [-0.39, 0.29) is 23.8 Å². The zero-order valence-electron chi connectivity index (χ0n) is 16.6. The highest BCUT2D eigenvalue weighted by Crippen LogP contribution is 2.46. The summed E-state index contributed by atoms with van der Waals surface area (Å²) < 4.78 is 10.0. The van der Waals surface area contributed by atoms with Crippen LogP contribution < -0.4 is 10.6 Å². The Morgan fingerprint density at radius 3 is 2.12 bits per heavy atom. The van der Waals surface area contributed by atoms with Crippen LogP contribution in [-0.4, -0.2) is 42.8 Å². The second-order valence-corrected chi connectivity index (χ2v) is 8.56. The van der Waals surface area contributed by atoms with Gasteiger partial charge in [0.05, 0.1) is 7.11 Å². The molecule has 0 aliphatic heterocycles. The van der Waals surface area contributed by atoms with Crippen molar-refractivity contribution in [1.82, 2.24) is 10.6 Å². The maximum absolute atomic E-state index is 12.6. The molecule has 0 aromatic rings. The van der Waals surface area contributed by atoms with E-state index < -0.39 is 29.1 Å². The van der Waals surface area contributed by atoms with Gasteiger partial charge < -0.3 is 20.1 Å². The van der Waals surface area contributed by atoms with Gasteiger partial charge >= 0.3 is 12.1 Å². The molecule has 1 rings (SSSR count). The molecule has 1 saturated carbocycles. The van der Waals surface area contributed by atoms with Gasteiger partial charge in [-0.3, -0.25) is 4.79 Å². The van der Waals surface area contributed by atoms with Gasteiger partial charge in [0, 0.05) is 12.0 Å². The molecule has 2 amide bonds. The maximum atomic E-state index is 12.6. The number of alkyl carbamates (subject to hydrolysis) is 1. The number of rotatable bonds is 5. The molecule has 0 bridgehead atoms. The van der Waals surface area contributed by atoms with E-state index >= 15 is 0 Å². The molecule has 2 N–H and O–H groups in total. The Kier molecular flexibility index (Phi) is 6.48. The number of carbonyl (C=O) groups excluding carboxylic acids is 3. The second kappa shape index (κ2) is 7.62. The third-order valence-electron chi connectivity index (χ3n) is 4.69. The van der Waals surface area contributed by atoms with E-state index in [0.717, 1.165) is 0 Å². The number of amides is 2. The molecule has 25 heavy (non-hydrogen) atoms. The predicted molar refractivity (Wildman–Crippen MR) is 93.8 cm³/mol. The van der Waals surface area contributed by atoms with Crippen molar-refractivity contribution >= 4 is 18.0 Å². The standard InChI is InChI=1S/C18H32N2O5/c1-10(2)13(15(22)24-8)20-14(21)11-9-12(18(11,6)7)19-16(23)25-17(3,4)5/h10-13H,9H2,1-8H3,(H,19,23)(H,20,21)/t11-,12-,13?/m1/s1. The predicted octanol–water partition coefficient (Wildman–Crippen LogP) is 2.24. The minimum atomic E-state index is -0.675. The molecule has 0 aromatic heterocycles. The van der Waals surface area contributed by atoms with Crippen LogP contribution in [0.25, 0.3) is 0 Å². The topological polar surface area (TPSA) is 93.7 Å². The Morgan fingerprint density at radius 1 is 1.16 bits per heavy atom. The first kappa shape index (κ1) is 21.3. The van der Waals surface area contributed by atoms with Crippen LogP contribution in [0.2, 0.25) is 0 Å². The first-order valence-corrected chi connectivity index (χ1v) is 8.67. The number of esters is 1. The maximum Gasteiger partial charge on any atom is 0.407 e. The molecule has 0 saturated heterocycles. The van der Waals surface area contributed by atoms with E-state index in [4.69, 9.17) is 9.47 Å². The van der Waals surface area contributed by atoms with Crippen molar-refractivity contribution in [3.05, 3.63) is 0 Å². The summed E-state index contributed by atoms with van der Waals surface area (Å²) in [6.07, 6.45) is 0.0170. The molecular formula is C18H32N2O5. The largest absolute Gasteiger partial charge is 0.467 e. The lowest BCUT2D eigenvalue weighted by Crippen LogP contribution is -2.63. The molecule has 7 heteroatoms. The Morgan fingerprint density at radius 2 is 1.72 bits per heavy atom. The van der Waals surface area contributed by atoms with Crippen molar-refractivity contribution in [3.8, 4) is 0 Å². The van der Waals surface area contributed by atoms with Crippen molar-refractivity contribution in [2.75, 3.05) is 7.11 Å². The summed E-state index contributed by atoms with van der Waals surface area (Å²) in [5.74, 6) is -1.02. The molecule has 0 aromatic carbocycles. The van der Waals surface area contributed by atoms with Crippen LogP contribution in [-0.2, 0) is 19.1 Å². The summed E-state index contributed by atoms with van der Waals surface area (Å²) in [7, 11) is 1.30. The molecule has 0 radical (unpaired) electrons. The highest BCUT2D eigenvalue weighted by atomic mass is 16.6. The molecule has 1 unspecified atom stereocenters. The van der Waals surface area contributed by atoms with Gasteiger partial charge in [-0.2, -0.15) is 0 Å². The molecule has 7 nitrogen and oxygen atoms in total. The van der Waals surface area contributed by atoms with Crippen LogP contribution in [0, 0.1) is 17.3 Å². The minimum Gasteiger partial charge on any atom is -0.467 e. The van der Waals surface area contributed by atoms with Gasteiger partial charge in [0.15, 0.2) is 0 Å². The summed E-state index contributed by atoms with van der Waals surface area (Å²) >= 11 is 0. The van der Waals surface area contributed by atoms with Crippen LogP contribution in [0.3, 0.4) is 0 Å². The minimum absolute atomic E-state index is 0.0738. The SMILES string of the molecule is COC(=O)C(NC(=O)[C@H]1C[C@@H](NC(=O)OC(C)(C)C)C1(C)C)C(C)C. The Hall–Kier alpha value is -1.79. The Balaban J connectivity index is 2.66. The van der Waals surface area contributed by atoms with Crippen LogP contribution >= 0.6 is 0 Å². The van der Waals surface area contributed by atoms with Crippen molar-refractivity contribution in [1.29, 1.82) is 0 Å². The van der Waals surface area contributed by atoms with Crippen molar-refractivity contribution in [2.24, 2.45) is 17.3 Å². The van der Waals surface area contributed by atoms with Crippen LogP contribution in [0.1, 0.15) is 54.9 Å². The lowest BCUT2D eigenvalue weighted by molar-refractivity contribution is -0.149. The Bertz CT molecular complexity index is 522. The summed E-state index contributed by atoms with van der Waals surface area (Å²) in [4.78, 5) is 36.3. The summed E-state index contributed by atoms with van der Waals surface area (Å²) in [5, 5.41) is 5.60. The van der Waals surface area contributed by atoms with E-state index in [9.17, 15) is 14.4 Å². The highest BCUT2D eigenvalue weighted by Gasteiger charge is 2.53. The van der Waals surface area contributed by atoms with Gasteiger partial charge in [0.1, 0.15) is 11.6 Å². The molecule has 1 aliphatic rings. The van der Waals surface area contributed by atoms with Crippen LogP contribution in [0.5, 0.6) is 0 Å². The van der Waals surface area contributed by atoms with Gasteiger partial charge in [0.2, 0.25) is 5.91 Å². The van der Waals surface area contributed by atoms with E-state index in [2.05, 4.69) is 10.6 Å². The monoisotopic (exact) mass is 356 g/mol. The molecule has 3 atom stereocenters. The fourth-order valence-corrected chi connectivity index (χ4v) is 2.94. The average Bonchev–Trinajstić information content (AvgIpc) is 2.45. The van der Waals surface area contributed by atoms with Gasteiger partial charge in [-0.25, -0.2) is 9.59 Å². The van der Waals surface area contributed by atoms with E-state index in [1.165, 1.54) is 7.11 Å². The molecule has 0 heterocycles.